The summed E-state index contributed by atoms with van der Waals surface area (Å²) in [7, 11) is 0. The smallest absolute Gasteiger partial charge is 0.262 e. The number of carbonyl (C=O) groups is 3. The fourth-order valence-corrected chi connectivity index (χ4v) is 4.34. The van der Waals surface area contributed by atoms with Gasteiger partial charge in [0, 0.05) is 13.1 Å². The van der Waals surface area contributed by atoms with Crippen molar-refractivity contribution in [3.05, 3.63) is 107 Å². The van der Waals surface area contributed by atoms with Gasteiger partial charge in [-0.2, -0.15) is 0 Å². The summed E-state index contributed by atoms with van der Waals surface area (Å²) in [5.74, 6) is -1.07. The van der Waals surface area contributed by atoms with Gasteiger partial charge in [-0.3, -0.25) is 19.3 Å². The molecule has 30 heavy (non-hydrogen) atoms. The third-order valence-electron chi connectivity index (χ3n) is 5.88. The first-order chi connectivity index (χ1) is 14.6. The molecular formula is C25H20N2O3. The first-order valence-corrected chi connectivity index (χ1v) is 10.0. The summed E-state index contributed by atoms with van der Waals surface area (Å²) in [6.45, 7) is 1.03. The van der Waals surface area contributed by atoms with Crippen molar-refractivity contribution in [2.75, 3.05) is 6.54 Å². The highest BCUT2D eigenvalue weighted by molar-refractivity contribution is 6.22. The van der Waals surface area contributed by atoms with Gasteiger partial charge in [0.15, 0.2) is 0 Å². The lowest BCUT2D eigenvalue weighted by Crippen LogP contribution is -2.46. The number of benzene rings is 3. The zero-order valence-corrected chi connectivity index (χ0v) is 16.3. The normalized spacial score (nSPS) is 16.3. The SMILES string of the molecule is O=C([C@H](c1ccccc1)N1C(=O)c2ccccc2C1=O)N1CCc2ccccc2C1. The Bertz CT molecular complexity index is 1120. The van der Waals surface area contributed by atoms with Crippen molar-refractivity contribution in [3.8, 4) is 0 Å². The summed E-state index contributed by atoms with van der Waals surface area (Å²) in [4.78, 5) is 42.9. The van der Waals surface area contributed by atoms with Crippen LogP contribution in [0.15, 0.2) is 78.9 Å². The van der Waals surface area contributed by atoms with Crippen molar-refractivity contribution in [1.82, 2.24) is 9.80 Å². The number of amides is 3. The van der Waals surface area contributed by atoms with E-state index in [0.717, 1.165) is 16.9 Å². The summed E-state index contributed by atoms with van der Waals surface area (Å²) in [6, 6.07) is 22.9. The maximum atomic E-state index is 13.7. The number of hydrogen-bond donors (Lipinski definition) is 0. The minimum absolute atomic E-state index is 0.231. The van der Waals surface area contributed by atoms with Crippen LogP contribution in [0.3, 0.4) is 0 Å². The van der Waals surface area contributed by atoms with Crippen molar-refractivity contribution in [1.29, 1.82) is 0 Å². The molecule has 5 heteroatoms. The van der Waals surface area contributed by atoms with E-state index in [1.54, 1.807) is 41.3 Å². The molecule has 2 heterocycles. The van der Waals surface area contributed by atoms with Crippen LogP contribution in [0, 0.1) is 0 Å². The Balaban J connectivity index is 1.54. The molecular weight excluding hydrogens is 376 g/mol. The van der Waals surface area contributed by atoms with Crippen molar-refractivity contribution < 1.29 is 14.4 Å². The Labute approximate surface area is 174 Å². The molecule has 0 N–H and O–H groups in total. The second-order valence-electron chi connectivity index (χ2n) is 7.62. The molecule has 0 saturated carbocycles. The van der Waals surface area contributed by atoms with Crippen molar-refractivity contribution >= 4 is 17.7 Å². The van der Waals surface area contributed by atoms with Gasteiger partial charge in [-0.05, 0) is 35.2 Å². The summed E-state index contributed by atoms with van der Waals surface area (Å²) in [6.07, 6.45) is 0.755. The number of imide groups is 1. The number of hydrogen-bond acceptors (Lipinski definition) is 3. The van der Waals surface area contributed by atoms with E-state index in [1.807, 2.05) is 36.4 Å². The first kappa shape index (κ1) is 18.3. The van der Waals surface area contributed by atoms with E-state index in [1.165, 1.54) is 5.56 Å². The molecule has 3 amide bonds. The molecule has 0 radical (unpaired) electrons. The standard InChI is InChI=1S/C25H20N2O3/c28-23-20-12-6-7-13-21(20)24(29)27(23)22(18-9-2-1-3-10-18)25(30)26-15-14-17-8-4-5-11-19(17)16-26/h1-13,22H,14-16H2/t22-/m0/s1. The Kier molecular flexibility index (Phi) is 4.43. The summed E-state index contributed by atoms with van der Waals surface area (Å²) in [5.41, 5.74) is 3.67. The monoisotopic (exact) mass is 396 g/mol. The van der Waals surface area contributed by atoms with E-state index in [-0.39, 0.29) is 5.91 Å². The van der Waals surface area contributed by atoms with E-state index in [2.05, 4.69) is 6.07 Å². The van der Waals surface area contributed by atoms with Gasteiger partial charge in [0.05, 0.1) is 11.1 Å². The Hall–Kier alpha value is -3.73. The molecule has 0 aliphatic carbocycles. The highest BCUT2D eigenvalue weighted by Gasteiger charge is 2.44. The Morgan fingerprint density at radius 3 is 1.97 bits per heavy atom. The first-order valence-electron chi connectivity index (χ1n) is 10.0. The number of carbonyl (C=O) groups excluding carboxylic acids is 3. The predicted octanol–water partition coefficient (Wildman–Crippen LogP) is 3.61. The highest BCUT2D eigenvalue weighted by Crippen LogP contribution is 2.34. The minimum Gasteiger partial charge on any atom is -0.336 e. The van der Waals surface area contributed by atoms with Gasteiger partial charge in [-0.1, -0.05) is 66.7 Å². The molecule has 0 aromatic heterocycles. The average Bonchev–Trinajstić information content (AvgIpc) is 3.05. The fraction of sp³-hybridized carbons (Fsp3) is 0.160. The second kappa shape index (κ2) is 7.26. The number of nitrogens with zero attached hydrogens (tertiary/aromatic N) is 2. The van der Waals surface area contributed by atoms with Crippen LogP contribution in [0.2, 0.25) is 0 Å². The molecule has 0 fully saturated rings. The largest absolute Gasteiger partial charge is 0.336 e. The molecule has 0 spiro atoms. The van der Waals surface area contributed by atoms with Crippen LogP contribution >= 0.6 is 0 Å². The zero-order valence-electron chi connectivity index (χ0n) is 16.3. The fourth-order valence-electron chi connectivity index (χ4n) is 4.34. The van der Waals surface area contributed by atoms with Gasteiger partial charge in [-0.15, -0.1) is 0 Å². The predicted molar refractivity (Wildman–Crippen MR) is 112 cm³/mol. The lowest BCUT2D eigenvalue weighted by molar-refractivity contribution is -0.136. The summed E-state index contributed by atoms with van der Waals surface area (Å²) in [5, 5.41) is 0. The maximum Gasteiger partial charge on any atom is 0.262 e. The molecule has 0 unspecified atom stereocenters. The summed E-state index contributed by atoms with van der Waals surface area (Å²) < 4.78 is 0. The average molecular weight is 396 g/mol. The van der Waals surface area contributed by atoms with E-state index in [0.29, 0.717) is 29.8 Å². The van der Waals surface area contributed by atoms with Gasteiger partial charge in [-0.25, -0.2) is 0 Å². The topological polar surface area (TPSA) is 57.7 Å². The molecule has 3 aromatic carbocycles. The van der Waals surface area contributed by atoms with Crippen LogP contribution in [0.25, 0.3) is 0 Å². The molecule has 148 valence electrons. The van der Waals surface area contributed by atoms with Crippen molar-refractivity contribution in [3.63, 3.8) is 0 Å². The van der Waals surface area contributed by atoms with Crippen molar-refractivity contribution in [2.45, 2.75) is 19.0 Å². The molecule has 0 bridgehead atoms. The summed E-state index contributed by atoms with van der Waals surface area (Å²) >= 11 is 0. The minimum atomic E-state index is -0.983. The van der Waals surface area contributed by atoms with Gasteiger partial charge in [0.25, 0.3) is 17.7 Å². The van der Waals surface area contributed by atoms with Crippen LogP contribution in [-0.2, 0) is 17.8 Å². The second-order valence-corrected chi connectivity index (χ2v) is 7.62. The third-order valence-corrected chi connectivity index (χ3v) is 5.88. The van der Waals surface area contributed by atoms with Gasteiger partial charge >= 0.3 is 0 Å². The van der Waals surface area contributed by atoms with Gasteiger partial charge in [0.1, 0.15) is 6.04 Å². The molecule has 1 atom stereocenters. The molecule has 3 aromatic rings. The molecule has 5 rings (SSSR count). The van der Waals surface area contributed by atoms with Crippen LogP contribution in [0.5, 0.6) is 0 Å². The number of rotatable bonds is 3. The lowest BCUT2D eigenvalue weighted by atomic mass is 9.97. The molecule has 2 aliphatic heterocycles. The number of fused-ring (bicyclic) bond motifs is 2. The maximum absolute atomic E-state index is 13.7. The molecule has 5 nitrogen and oxygen atoms in total. The van der Waals surface area contributed by atoms with E-state index in [4.69, 9.17) is 0 Å². The lowest BCUT2D eigenvalue weighted by Gasteiger charge is -2.34. The van der Waals surface area contributed by atoms with E-state index < -0.39 is 17.9 Å². The van der Waals surface area contributed by atoms with Gasteiger partial charge in [0.2, 0.25) is 0 Å². The molecule has 0 saturated heterocycles. The van der Waals surface area contributed by atoms with Crippen LogP contribution in [0.4, 0.5) is 0 Å². The molecule has 2 aliphatic rings. The van der Waals surface area contributed by atoms with E-state index >= 15 is 0 Å². The van der Waals surface area contributed by atoms with Crippen LogP contribution < -0.4 is 0 Å². The highest BCUT2D eigenvalue weighted by atomic mass is 16.2. The Morgan fingerprint density at radius 1 is 0.733 bits per heavy atom. The third kappa shape index (κ3) is 2.90. The van der Waals surface area contributed by atoms with Crippen molar-refractivity contribution in [2.24, 2.45) is 0 Å². The van der Waals surface area contributed by atoms with Crippen LogP contribution in [-0.4, -0.2) is 34.1 Å². The van der Waals surface area contributed by atoms with Gasteiger partial charge < -0.3 is 4.90 Å². The quantitative estimate of drug-likeness (QED) is 0.636. The Morgan fingerprint density at radius 2 is 1.30 bits per heavy atom. The van der Waals surface area contributed by atoms with E-state index in [9.17, 15) is 14.4 Å². The van der Waals surface area contributed by atoms with Crippen LogP contribution in [0.1, 0.15) is 43.4 Å². The zero-order chi connectivity index (χ0) is 20.7.